The van der Waals surface area contributed by atoms with E-state index >= 15 is 0 Å². The maximum Gasteiger partial charge on any atom is 0.346 e. The van der Waals surface area contributed by atoms with E-state index in [1.165, 1.54) is 11.3 Å². The van der Waals surface area contributed by atoms with Gasteiger partial charge in [-0.1, -0.05) is 58.2 Å². The van der Waals surface area contributed by atoms with Crippen LogP contribution < -0.4 is 10.2 Å². The number of benzene rings is 1. The number of hydrogen-bond donors (Lipinski definition) is 2. The van der Waals surface area contributed by atoms with Gasteiger partial charge in [0.05, 0.1) is 6.42 Å². The molecule has 1 heterocycles. The number of nitrogens with one attached hydrogen (secondary N) is 1. The fourth-order valence-corrected chi connectivity index (χ4v) is 5.18. The molecule has 7 heteroatoms. The molecule has 0 aliphatic heterocycles. The molecule has 1 aromatic carbocycles. The van der Waals surface area contributed by atoms with E-state index in [1.807, 2.05) is 24.3 Å². The fourth-order valence-electron chi connectivity index (χ4n) is 5.18. The maximum atomic E-state index is 14.0. The minimum absolute atomic E-state index is 0.0644. The largest absolute Gasteiger partial charge is 0.351 e. The quantitative estimate of drug-likeness (QED) is 0.565. The molecule has 0 bridgehead atoms. The van der Waals surface area contributed by atoms with Crippen molar-refractivity contribution in [1.82, 2.24) is 10.3 Å². The summed E-state index contributed by atoms with van der Waals surface area (Å²) >= 11 is 0. The summed E-state index contributed by atoms with van der Waals surface area (Å²) in [7, 11) is 0. The van der Waals surface area contributed by atoms with Gasteiger partial charge in [0, 0.05) is 29.7 Å². The molecule has 2 aromatic rings. The van der Waals surface area contributed by atoms with Crippen LogP contribution in [0.2, 0.25) is 0 Å². The van der Waals surface area contributed by atoms with E-state index in [1.54, 1.807) is 24.5 Å². The lowest BCUT2D eigenvalue weighted by Crippen LogP contribution is -2.56. The molecule has 1 aromatic heterocycles. The first-order valence-electron chi connectivity index (χ1n) is 12.9. The molecule has 2 fully saturated rings. The SMILES string of the molecule is [C-]#[N+]C1(O)CCC1C(=O)N(c1ccc(C(C)(C)C)cc1)C(C(=O)NC1CCCCC1)c1cccnc1. The molecule has 2 amide bonds. The van der Waals surface area contributed by atoms with Crippen LogP contribution in [0.25, 0.3) is 4.85 Å². The molecule has 3 atom stereocenters. The van der Waals surface area contributed by atoms with Crippen LogP contribution in [0.1, 0.15) is 82.9 Å². The van der Waals surface area contributed by atoms with Crippen LogP contribution in [0.3, 0.4) is 0 Å². The molecule has 0 radical (unpaired) electrons. The number of nitrogens with zero attached hydrogens (tertiary/aromatic N) is 3. The second-order valence-electron chi connectivity index (χ2n) is 11.1. The Morgan fingerprint density at radius 1 is 1.14 bits per heavy atom. The van der Waals surface area contributed by atoms with Gasteiger partial charge in [-0.25, -0.2) is 6.57 Å². The Kier molecular flexibility index (Phi) is 7.46. The highest BCUT2D eigenvalue weighted by atomic mass is 16.3. The van der Waals surface area contributed by atoms with E-state index in [4.69, 9.17) is 6.57 Å². The van der Waals surface area contributed by atoms with Crippen LogP contribution in [0.15, 0.2) is 48.8 Å². The van der Waals surface area contributed by atoms with Crippen LogP contribution in [0.4, 0.5) is 5.69 Å². The molecule has 0 spiro atoms. The fraction of sp³-hybridized carbons (Fsp3) is 0.517. The van der Waals surface area contributed by atoms with Crippen molar-refractivity contribution < 1.29 is 14.7 Å². The average Bonchev–Trinajstić information content (AvgIpc) is 2.86. The van der Waals surface area contributed by atoms with Gasteiger partial charge in [0.2, 0.25) is 11.8 Å². The average molecular weight is 489 g/mol. The van der Waals surface area contributed by atoms with Crippen molar-refractivity contribution in [2.45, 2.75) is 88.9 Å². The summed E-state index contributed by atoms with van der Waals surface area (Å²) in [4.78, 5) is 36.9. The number of aliphatic hydroxyl groups is 1. The topological polar surface area (TPSA) is 86.9 Å². The van der Waals surface area contributed by atoms with E-state index in [0.717, 1.165) is 31.2 Å². The molecular formula is C29H36N4O3. The Labute approximate surface area is 213 Å². The lowest BCUT2D eigenvalue weighted by atomic mass is 9.74. The minimum atomic E-state index is -1.74. The normalized spacial score (nSPS) is 23.1. The van der Waals surface area contributed by atoms with Gasteiger partial charge in [-0.05, 0) is 48.4 Å². The zero-order valence-corrected chi connectivity index (χ0v) is 21.4. The summed E-state index contributed by atoms with van der Waals surface area (Å²) in [5.74, 6) is -1.58. The van der Waals surface area contributed by atoms with Gasteiger partial charge in [0.1, 0.15) is 12.0 Å². The molecule has 36 heavy (non-hydrogen) atoms. The summed E-state index contributed by atoms with van der Waals surface area (Å²) in [5.41, 5.74) is 0.432. The molecule has 2 saturated carbocycles. The van der Waals surface area contributed by atoms with E-state index in [2.05, 4.69) is 35.9 Å². The van der Waals surface area contributed by atoms with E-state index in [9.17, 15) is 14.7 Å². The van der Waals surface area contributed by atoms with Crippen molar-refractivity contribution in [3.05, 3.63) is 71.3 Å². The first-order valence-corrected chi connectivity index (χ1v) is 12.9. The van der Waals surface area contributed by atoms with Crippen molar-refractivity contribution in [2.24, 2.45) is 5.92 Å². The van der Waals surface area contributed by atoms with Gasteiger partial charge < -0.3 is 10.4 Å². The van der Waals surface area contributed by atoms with Crippen molar-refractivity contribution in [3.8, 4) is 0 Å². The third kappa shape index (κ3) is 5.29. The monoisotopic (exact) mass is 488 g/mol. The zero-order valence-electron chi connectivity index (χ0n) is 21.4. The second kappa shape index (κ2) is 10.4. The number of carbonyl (C=O) groups excluding carboxylic acids is 2. The number of carbonyl (C=O) groups is 2. The number of pyridine rings is 1. The Balaban J connectivity index is 1.77. The Morgan fingerprint density at radius 2 is 1.83 bits per heavy atom. The highest BCUT2D eigenvalue weighted by molar-refractivity contribution is 6.03. The van der Waals surface area contributed by atoms with Crippen LogP contribution in [0, 0.1) is 12.5 Å². The zero-order chi connectivity index (χ0) is 25.9. The standard InChI is InChI=1S/C29H36N4O3/c1-28(2,3)21-12-14-23(15-13-21)33(27(35)24-16-17-29(24,36)30-4)25(20-9-8-18-31-19-20)26(34)32-22-10-6-5-7-11-22/h8-9,12-15,18-19,22,24-25,36H,5-7,10-11,16-17H2,1-3H3,(H,32,34). The van der Waals surface area contributed by atoms with E-state index < -0.39 is 23.6 Å². The lowest BCUT2D eigenvalue weighted by Gasteiger charge is -2.40. The van der Waals surface area contributed by atoms with Crippen molar-refractivity contribution in [3.63, 3.8) is 0 Å². The predicted molar refractivity (Wildman–Crippen MR) is 139 cm³/mol. The first-order chi connectivity index (χ1) is 17.1. The van der Waals surface area contributed by atoms with Crippen LogP contribution in [-0.4, -0.2) is 33.7 Å². The Hall–Kier alpha value is -3.24. The van der Waals surface area contributed by atoms with Gasteiger partial charge in [0.15, 0.2) is 0 Å². The molecule has 2 aliphatic carbocycles. The number of amides is 2. The Bertz CT molecular complexity index is 1110. The van der Waals surface area contributed by atoms with Crippen LogP contribution in [-0.2, 0) is 15.0 Å². The van der Waals surface area contributed by atoms with Gasteiger partial charge in [-0.15, -0.1) is 0 Å². The highest BCUT2D eigenvalue weighted by Crippen LogP contribution is 2.43. The molecule has 2 aliphatic rings. The predicted octanol–water partition coefficient (Wildman–Crippen LogP) is 4.92. The maximum absolute atomic E-state index is 14.0. The highest BCUT2D eigenvalue weighted by Gasteiger charge is 2.58. The van der Waals surface area contributed by atoms with Gasteiger partial charge in [-0.3, -0.25) is 24.3 Å². The Morgan fingerprint density at radius 3 is 2.36 bits per heavy atom. The molecule has 3 unspecified atom stereocenters. The van der Waals surface area contributed by atoms with Crippen molar-refractivity contribution in [2.75, 3.05) is 4.90 Å². The number of aromatic nitrogens is 1. The summed E-state index contributed by atoms with van der Waals surface area (Å²) < 4.78 is 0. The molecule has 0 saturated heterocycles. The van der Waals surface area contributed by atoms with Gasteiger partial charge >= 0.3 is 5.72 Å². The van der Waals surface area contributed by atoms with Crippen molar-refractivity contribution >= 4 is 17.5 Å². The smallest absolute Gasteiger partial charge is 0.346 e. The molecule has 2 N–H and O–H groups in total. The number of anilines is 1. The van der Waals surface area contributed by atoms with Crippen LogP contribution >= 0.6 is 0 Å². The summed E-state index contributed by atoms with van der Waals surface area (Å²) in [6, 6.07) is 10.3. The second-order valence-corrected chi connectivity index (χ2v) is 11.1. The van der Waals surface area contributed by atoms with Crippen molar-refractivity contribution in [1.29, 1.82) is 0 Å². The number of hydrogen-bond acceptors (Lipinski definition) is 4. The summed E-state index contributed by atoms with van der Waals surface area (Å²) in [6.45, 7) is 13.8. The first kappa shape index (κ1) is 25.8. The summed E-state index contributed by atoms with van der Waals surface area (Å²) in [6.07, 6.45) is 9.02. The molecule has 7 nitrogen and oxygen atoms in total. The molecule has 190 valence electrons. The number of rotatable bonds is 6. The minimum Gasteiger partial charge on any atom is -0.351 e. The third-order valence-corrected chi connectivity index (χ3v) is 7.56. The van der Waals surface area contributed by atoms with Gasteiger partial charge in [0.25, 0.3) is 0 Å². The summed E-state index contributed by atoms with van der Waals surface area (Å²) in [5, 5.41) is 13.9. The molecular weight excluding hydrogens is 452 g/mol. The molecule has 4 rings (SSSR count). The lowest BCUT2D eigenvalue weighted by molar-refractivity contribution is -0.141. The van der Waals surface area contributed by atoms with E-state index in [-0.39, 0.29) is 23.8 Å². The van der Waals surface area contributed by atoms with Gasteiger partial charge in [-0.2, -0.15) is 0 Å². The third-order valence-electron chi connectivity index (χ3n) is 7.56. The van der Waals surface area contributed by atoms with E-state index in [0.29, 0.717) is 17.7 Å². The van der Waals surface area contributed by atoms with Crippen LogP contribution in [0.5, 0.6) is 0 Å².